The summed E-state index contributed by atoms with van der Waals surface area (Å²) in [5, 5.41) is 11.2. The third-order valence-electron chi connectivity index (χ3n) is 6.02. The largest absolute Gasteiger partial charge is 0.383 e. The number of hydrogen-bond acceptors (Lipinski definition) is 5. The van der Waals surface area contributed by atoms with Crippen molar-refractivity contribution in [3.05, 3.63) is 59.9 Å². The van der Waals surface area contributed by atoms with E-state index in [1.807, 2.05) is 24.3 Å². The van der Waals surface area contributed by atoms with E-state index in [0.29, 0.717) is 11.0 Å². The van der Waals surface area contributed by atoms with Crippen molar-refractivity contribution >= 4 is 22.8 Å². The molecule has 4 rings (SSSR count). The highest BCUT2D eigenvalue weighted by atomic mass is 19.1. The maximum Gasteiger partial charge on any atom is 0.247 e. The first-order valence-corrected chi connectivity index (χ1v) is 11.2. The molecule has 1 aromatic heterocycles. The van der Waals surface area contributed by atoms with Gasteiger partial charge in [-0.15, -0.1) is 5.10 Å². The Morgan fingerprint density at radius 3 is 2.67 bits per heavy atom. The van der Waals surface area contributed by atoms with E-state index in [2.05, 4.69) is 15.6 Å². The molecule has 1 N–H and O–H groups in total. The van der Waals surface area contributed by atoms with E-state index in [1.54, 1.807) is 18.2 Å². The second-order valence-electron chi connectivity index (χ2n) is 8.23. The van der Waals surface area contributed by atoms with Crippen molar-refractivity contribution in [3.8, 4) is 0 Å². The van der Waals surface area contributed by atoms with E-state index in [0.717, 1.165) is 25.7 Å². The summed E-state index contributed by atoms with van der Waals surface area (Å²) in [6.07, 6.45) is 3.85. The summed E-state index contributed by atoms with van der Waals surface area (Å²) < 4.78 is 21.6. The van der Waals surface area contributed by atoms with Gasteiger partial charge in [0.15, 0.2) is 0 Å². The predicted octanol–water partition coefficient (Wildman–Crippen LogP) is 2.85. The molecular formula is C24H28FN5O3. The first-order valence-electron chi connectivity index (χ1n) is 11.2. The Bertz CT molecular complexity index is 1110. The Morgan fingerprint density at radius 2 is 1.91 bits per heavy atom. The molecule has 1 aliphatic rings. The van der Waals surface area contributed by atoms with E-state index >= 15 is 0 Å². The van der Waals surface area contributed by atoms with E-state index in [4.69, 9.17) is 4.74 Å². The van der Waals surface area contributed by atoms with Gasteiger partial charge in [-0.2, -0.15) is 0 Å². The van der Waals surface area contributed by atoms with Crippen molar-refractivity contribution in [2.45, 2.75) is 44.3 Å². The number of halogens is 1. The van der Waals surface area contributed by atoms with Crippen molar-refractivity contribution in [2.75, 3.05) is 20.3 Å². The van der Waals surface area contributed by atoms with Crippen LogP contribution in [0, 0.1) is 5.82 Å². The molecule has 2 amide bonds. The highest BCUT2D eigenvalue weighted by Crippen LogP contribution is 2.26. The number of amides is 2. The molecule has 0 spiro atoms. The lowest BCUT2D eigenvalue weighted by molar-refractivity contribution is -0.142. The molecule has 1 aliphatic carbocycles. The van der Waals surface area contributed by atoms with E-state index in [1.165, 1.54) is 22.8 Å². The zero-order chi connectivity index (χ0) is 23.2. The van der Waals surface area contributed by atoms with Crippen LogP contribution < -0.4 is 5.32 Å². The Morgan fingerprint density at radius 1 is 1.18 bits per heavy atom. The van der Waals surface area contributed by atoms with Crippen LogP contribution >= 0.6 is 0 Å². The van der Waals surface area contributed by atoms with Gasteiger partial charge in [0.1, 0.15) is 23.9 Å². The number of fused-ring (bicyclic) bond motifs is 1. The molecule has 0 aliphatic heterocycles. The number of para-hydroxylation sites is 1. The zero-order valence-corrected chi connectivity index (χ0v) is 18.6. The van der Waals surface area contributed by atoms with Gasteiger partial charge in [0.25, 0.3) is 0 Å². The Hall–Kier alpha value is -3.33. The van der Waals surface area contributed by atoms with Crippen LogP contribution in [-0.2, 0) is 20.9 Å². The van der Waals surface area contributed by atoms with Crippen molar-refractivity contribution in [1.82, 2.24) is 25.2 Å². The average Bonchev–Trinajstić information content (AvgIpc) is 3.47. The number of ether oxygens (including phenoxy) is 1. The molecule has 0 unspecified atom stereocenters. The van der Waals surface area contributed by atoms with Gasteiger partial charge in [0.05, 0.1) is 12.1 Å². The predicted molar refractivity (Wildman–Crippen MR) is 121 cm³/mol. The van der Waals surface area contributed by atoms with Gasteiger partial charge in [0.2, 0.25) is 11.8 Å². The molecule has 174 valence electrons. The normalized spacial score (nSPS) is 15.0. The molecule has 2 aromatic carbocycles. The molecule has 1 atom stereocenters. The second-order valence-corrected chi connectivity index (χ2v) is 8.23. The van der Waals surface area contributed by atoms with E-state index in [-0.39, 0.29) is 43.1 Å². The highest BCUT2D eigenvalue weighted by molar-refractivity contribution is 5.89. The van der Waals surface area contributed by atoms with Gasteiger partial charge in [0, 0.05) is 25.3 Å². The first kappa shape index (κ1) is 22.8. The van der Waals surface area contributed by atoms with Crippen LogP contribution in [0.25, 0.3) is 11.0 Å². The zero-order valence-electron chi connectivity index (χ0n) is 18.6. The van der Waals surface area contributed by atoms with E-state index in [9.17, 15) is 14.0 Å². The standard InChI is InChI=1S/C24H28FN5O3/c1-33-15-14-29(22(31)16-30-21-13-7-6-12-20(21)27-28-30)23(18-10-4-5-11-19(18)25)24(32)26-17-8-2-3-9-17/h4-7,10-13,17,23H,2-3,8-9,14-16H2,1H3,(H,26,32)/t23-/m0/s1. The summed E-state index contributed by atoms with van der Waals surface area (Å²) in [5.41, 5.74) is 1.52. The molecule has 1 saturated carbocycles. The van der Waals surface area contributed by atoms with Crippen LogP contribution in [-0.4, -0.2) is 58.0 Å². The lowest BCUT2D eigenvalue weighted by Gasteiger charge is -2.32. The van der Waals surface area contributed by atoms with E-state index < -0.39 is 11.9 Å². The van der Waals surface area contributed by atoms with Crippen molar-refractivity contribution in [1.29, 1.82) is 0 Å². The van der Waals surface area contributed by atoms with Gasteiger partial charge in [-0.1, -0.05) is 48.4 Å². The molecule has 3 aromatic rings. The molecule has 9 heteroatoms. The fourth-order valence-corrected chi connectivity index (χ4v) is 4.34. The fourth-order valence-electron chi connectivity index (χ4n) is 4.34. The minimum absolute atomic E-state index is 0.0328. The Kier molecular flexibility index (Phi) is 7.29. The van der Waals surface area contributed by atoms with Crippen LogP contribution in [0.3, 0.4) is 0 Å². The van der Waals surface area contributed by atoms with Gasteiger partial charge in [-0.05, 0) is 31.0 Å². The second kappa shape index (κ2) is 10.5. The molecule has 1 heterocycles. The quantitative estimate of drug-likeness (QED) is 0.538. The van der Waals surface area contributed by atoms with Crippen molar-refractivity contribution in [2.24, 2.45) is 0 Å². The summed E-state index contributed by atoms with van der Waals surface area (Å²) in [6.45, 7) is 0.191. The number of rotatable bonds is 9. The van der Waals surface area contributed by atoms with Crippen LogP contribution in [0.15, 0.2) is 48.5 Å². The number of carbonyl (C=O) groups excluding carboxylic acids is 2. The number of nitrogens with one attached hydrogen (secondary N) is 1. The molecular weight excluding hydrogens is 425 g/mol. The first-order chi connectivity index (χ1) is 16.1. The molecule has 0 bridgehead atoms. The summed E-state index contributed by atoms with van der Waals surface area (Å²) in [5.74, 6) is -1.30. The summed E-state index contributed by atoms with van der Waals surface area (Å²) >= 11 is 0. The van der Waals surface area contributed by atoms with Gasteiger partial charge in [-0.25, -0.2) is 9.07 Å². The number of hydrogen-bond donors (Lipinski definition) is 1. The van der Waals surface area contributed by atoms with Crippen molar-refractivity contribution < 1.29 is 18.7 Å². The third kappa shape index (κ3) is 5.19. The number of nitrogens with zero attached hydrogens (tertiary/aromatic N) is 4. The third-order valence-corrected chi connectivity index (χ3v) is 6.02. The summed E-state index contributed by atoms with van der Waals surface area (Å²) in [7, 11) is 1.52. The summed E-state index contributed by atoms with van der Waals surface area (Å²) in [6, 6.07) is 12.3. The Labute approximate surface area is 191 Å². The van der Waals surface area contributed by atoms with Gasteiger partial charge < -0.3 is 15.0 Å². The van der Waals surface area contributed by atoms with Crippen LogP contribution in [0.2, 0.25) is 0 Å². The lowest BCUT2D eigenvalue weighted by atomic mass is 10.0. The minimum atomic E-state index is -1.12. The van der Waals surface area contributed by atoms with Crippen molar-refractivity contribution in [3.63, 3.8) is 0 Å². The Balaban J connectivity index is 1.66. The minimum Gasteiger partial charge on any atom is -0.383 e. The van der Waals surface area contributed by atoms with Crippen LogP contribution in [0.1, 0.15) is 37.3 Å². The number of benzene rings is 2. The molecule has 33 heavy (non-hydrogen) atoms. The monoisotopic (exact) mass is 453 g/mol. The van der Waals surface area contributed by atoms with Crippen LogP contribution in [0.5, 0.6) is 0 Å². The smallest absolute Gasteiger partial charge is 0.247 e. The average molecular weight is 454 g/mol. The molecule has 8 nitrogen and oxygen atoms in total. The maximum absolute atomic E-state index is 14.9. The number of aromatic nitrogens is 3. The molecule has 1 fully saturated rings. The SMILES string of the molecule is COCCN(C(=O)Cn1nnc2ccccc21)[C@H](C(=O)NC1CCCC1)c1ccccc1F. The number of carbonyl (C=O) groups is 2. The molecule has 0 radical (unpaired) electrons. The topological polar surface area (TPSA) is 89.3 Å². The van der Waals surface area contributed by atoms with Crippen LogP contribution in [0.4, 0.5) is 4.39 Å². The summed E-state index contributed by atoms with van der Waals surface area (Å²) in [4.78, 5) is 28.3. The van der Waals surface area contributed by atoms with Gasteiger partial charge in [-0.3, -0.25) is 9.59 Å². The highest BCUT2D eigenvalue weighted by Gasteiger charge is 2.34. The molecule has 0 saturated heterocycles. The fraction of sp³-hybridized carbons (Fsp3) is 0.417. The maximum atomic E-state index is 14.9. The lowest BCUT2D eigenvalue weighted by Crippen LogP contribution is -2.48. The number of methoxy groups -OCH3 is 1. The van der Waals surface area contributed by atoms with Gasteiger partial charge >= 0.3 is 0 Å².